The Bertz CT molecular complexity index is 1030. The van der Waals surface area contributed by atoms with Crippen molar-refractivity contribution in [2.45, 2.75) is 11.8 Å². The lowest BCUT2D eigenvalue weighted by atomic mass is 10.2. The number of benzene rings is 2. The molecule has 0 spiro atoms. The molecule has 0 bridgehead atoms. The Morgan fingerprint density at radius 1 is 1.03 bits per heavy atom. The Balaban J connectivity index is 1.52. The van der Waals surface area contributed by atoms with Crippen molar-refractivity contribution < 1.29 is 4.79 Å². The van der Waals surface area contributed by atoms with Gasteiger partial charge >= 0.3 is 0 Å². The fourth-order valence-electron chi connectivity index (χ4n) is 3.66. The number of halogens is 1. The largest absolute Gasteiger partial charge is 0.367 e. The molecule has 7 heteroatoms. The molecule has 1 saturated heterocycles. The summed E-state index contributed by atoms with van der Waals surface area (Å²) in [5, 5.41) is 5.14. The van der Waals surface area contributed by atoms with Gasteiger partial charge in [-0.2, -0.15) is 5.10 Å². The number of nitrogens with zero attached hydrogens (tertiary/aromatic N) is 4. The van der Waals surface area contributed by atoms with Gasteiger partial charge in [-0.15, -0.1) is 11.8 Å². The van der Waals surface area contributed by atoms with E-state index in [9.17, 15) is 4.79 Å². The molecule has 4 rings (SSSR count). The van der Waals surface area contributed by atoms with E-state index < -0.39 is 0 Å². The number of para-hydroxylation sites is 1. The Hall–Kier alpha value is -2.44. The molecule has 150 valence electrons. The Labute approximate surface area is 180 Å². The molecule has 0 unspecified atom stereocenters. The van der Waals surface area contributed by atoms with E-state index in [1.54, 1.807) is 16.4 Å². The number of hydrogen-bond donors (Lipinski definition) is 0. The lowest BCUT2D eigenvalue weighted by Crippen LogP contribution is -2.49. The van der Waals surface area contributed by atoms with E-state index in [0.29, 0.717) is 23.8 Å². The SMILES string of the molecule is CSc1ccccc1N1CCN(C(=O)c2cc(C)nn2-c2cccc(Cl)c2)CC1. The van der Waals surface area contributed by atoms with Gasteiger partial charge < -0.3 is 9.80 Å². The maximum atomic E-state index is 13.3. The van der Waals surface area contributed by atoms with Gasteiger partial charge in [0.2, 0.25) is 0 Å². The molecular formula is C22H23ClN4OS. The fraction of sp³-hybridized carbons (Fsp3) is 0.273. The smallest absolute Gasteiger partial charge is 0.272 e. The number of thioether (sulfide) groups is 1. The monoisotopic (exact) mass is 426 g/mol. The summed E-state index contributed by atoms with van der Waals surface area (Å²) in [5.41, 5.74) is 3.41. The van der Waals surface area contributed by atoms with Gasteiger partial charge in [-0.1, -0.05) is 29.8 Å². The summed E-state index contributed by atoms with van der Waals surface area (Å²) >= 11 is 7.89. The van der Waals surface area contributed by atoms with Crippen LogP contribution in [0.4, 0.5) is 5.69 Å². The van der Waals surface area contributed by atoms with Gasteiger partial charge in [0, 0.05) is 36.1 Å². The summed E-state index contributed by atoms with van der Waals surface area (Å²) in [6, 6.07) is 17.7. The molecular weight excluding hydrogens is 404 g/mol. The molecule has 0 aliphatic carbocycles. The lowest BCUT2D eigenvalue weighted by Gasteiger charge is -2.36. The quantitative estimate of drug-likeness (QED) is 0.575. The van der Waals surface area contributed by atoms with E-state index in [4.69, 9.17) is 11.6 Å². The van der Waals surface area contributed by atoms with E-state index in [1.165, 1.54) is 10.6 Å². The van der Waals surface area contributed by atoms with Crippen molar-refractivity contribution in [2.75, 3.05) is 37.3 Å². The van der Waals surface area contributed by atoms with Gasteiger partial charge in [-0.3, -0.25) is 4.79 Å². The highest BCUT2D eigenvalue weighted by Gasteiger charge is 2.26. The van der Waals surface area contributed by atoms with Crippen LogP contribution in [0.2, 0.25) is 5.02 Å². The predicted octanol–water partition coefficient (Wildman–Crippen LogP) is 4.52. The zero-order valence-electron chi connectivity index (χ0n) is 16.5. The summed E-state index contributed by atoms with van der Waals surface area (Å²) in [6.45, 7) is 4.89. The van der Waals surface area contributed by atoms with Crippen molar-refractivity contribution in [1.82, 2.24) is 14.7 Å². The summed E-state index contributed by atoms with van der Waals surface area (Å²) in [5.74, 6) is 0.00313. The number of carbonyl (C=O) groups is 1. The summed E-state index contributed by atoms with van der Waals surface area (Å²) in [4.78, 5) is 18.8. The van der Waals surface area contributed by atoms with Gasteiger partial charge in [0.1, 0.15) is 5.69 Å². The first-order chi connectivity index (χ1) is 14.1. The van der Waals surface area contributed by atoms with Gasteiger partial charge in [0.15, 0.2) is 0 Å². The number of anilines is 1. The predicted molar refractivity (Wildman–Crippen MR) is 120 cm³/mol. The first-order valence-corrected chi connectivity index (χ1v) is 11.2. The number of hydrogen-bond acceptors (Lipinski definition) is 4. The van der Waals surface area contributed by atoms with Crippen LogP contribution in [0, 0.1) is 6.92 Å². The van der Waals surface area contributed by atoms with Gasteiger partial charge in [-0.25, -0.2) is 4.68 Å². The van der Waals surface area contributed by atoms with Crippen LogP contribution in [0.1, 0.15) is 16.2 Å². The third kappa shape index (κ3) is 4.14. The average Bonchev–Trinajstić information content (AvgIpc) is 3.15. The van der Waals surface area contributed by atoms with Crippen molar-refractivity contribution in [2.24, 2.45) is 0 Å². The third-order valence-electron chi connectivity index (χ3n) is 5.10. The fourth-order valence-corrected chi connectivity index (χ4v) is 4.47. The average molecular weight is 427 g/mol. The number of aryl methyl sites for hydroxylation is 1. The zero-order valence-corrected chi connectivity index (χ0v) is 18.1. The molecule has 1 amide bonds. The molecule has 0 saturated carbocycles. The van der Waals surface area contributed by atoms with Gasteiger partial charge in [0.25, 0.3) is 5.91 Å². The highest BCUT2D eigenvalue weighted by atomic mass is 35.5. The van der Waals surface area contributed by atoms with E-state index >= 15 is 0 Å². The van der Waals surface area contributed by atoms with Gasteiger partial charge in [0.05, 0.1) is 17.1 Å². The molecule has 0 atom stereocenters. The van der Waals surface area contributed by atoms with Crippen LogP contribution in [-0.2, 0) is 0 Å². The zero-order chi connectivity index (χ0) is 20.4. The minimum atomic E-state index is 0.00313. The molecule has 1 aliphatic heterocycles. The highest BCUT2D eigenvalue weighted by Crippen LogP contribution is 2.29. The van der Waals surface area contributed by atoms with E-state index in [-0.39, 0.29) is 5.91 Å². The molecule has 3 aromatic rings. The van der Waals surface area contributed by atoms with Crippen LogP contribution in [0.3, 0.4) is 0 Å². The summed E-state index contributed by atoms with van der Waals surface area (Å²) in [6.07, 6.45) is 2.10. The first kappa shape index (κ1) is 19.9. The number of aromatic nitrogens is 2. The van der Waals surface area contributed by atoms with Gasteiger partial charge in [-0.05, 0) is 49.6 Å². The maximum absolute atomic E-state index is 13.3. The van der Waals surface area contributed by atoms with Crippen molar-refractivity contribution in [3.8, 4) is 5.69 Å². The van der Waals surface area contributed by atoms with E-state index in [1.807, 2.05) is 42.2 Å². The van der Waals surface area contributed by atoms with Crippen molar-refractivity contribution in [3.05, 3.63) is 71.0 Å². The second-order valence-corrected chi connectivity index (χ2v) is 8.30. The van der Waals surface area contributed by atoms with Crippen molar-refractivity contribution in [1.29, 1.82) is 0 Å². The number of amides is 1. The molecule has 2 aromatic carbocycles. The molecule has 1 aromatic heterocycles. The first-order valence-electron chi connectivity index (χ1n) is 9.56. The topological polar surface area (TPSA) is 41.4 Å². The summed E-state index contributed by atoms with van der Waals surface area (Å²) < 4.78 is 1.69. The minimum absolute atomic E-state index is 0.00313. The van der Waals surface area contributed by atoms with Crippen LogP contribution in [0.25, 0.3) is 5.69 Å². The number of carbonyl (C=O) groups excluding carboxylic acids is 1. The van der Waals surface area contributed by atoms with Crippen LogP contribution >= 0.6 is 23.4 Å². The Morgan fingerprint density at radius 2 is 1.79 bits per heavy atom. The van der Waals surface area contributed by atoms with E-state index in [2.05, 4.69) is 40.5 Å². The highest BCUT2D eigenvalue weighted by molar-refractivity contribution is 7.98. The van der Waals surface area contributed by atoms with Crippen LogP contribution < -0.4 is 4.90 Å². The molecule has 0 radical (unpaired) electrons. The molecule has 2 heterocycles. The van der Waals surface area contributed by atoms with Crippen molar-refractivity contribution in [3.63, 3.8) is 0 Å². The summed E-state index contributed by atoms with van der Waals surface area (Å²) in [7, 11) is 0. The maximum Gasteiger partial charge on any atom is 0.272 e. The van der Waals surface area contributed by atoms with Crippen LogP contribution in [0.5, 0.6) is 0 Å². The van der Waals surface area contributed by atoms with Crippen molar-refractivity contribution >= 4 is 35.0 Å². The molecule has 0 N–H and O–H groups in total. The second-order valence-electron chi connectivity index (χ2n) is 7.01. The Kier molecular flexibility index (Phi) is 5.83. The van der Waals surface area contributed by atoms with Crippen LogP contribution in [-0.4, -0.2) is 53.0 Å². The lowest BCUT2D eigenvalue weighted by molar-refractivity contribution is 0.0737. The molecule has 1 aliphatic rings. The molecule has 5 nitrogen and oxygen atoms in total. The molecule has 1 fully saturated rings. The standard InChI is InChI=1S/C22H23ClN4OS/c1-16-14-20(27(24-16)18-7-5-6-17(23)15-18)22(28)26-12-10-25(11-13-26)19-8-3-4-9-21(19)29-2/h3-9,14-15H,10-13H2,1-2H3. The third-order valence-corrected chi connectivity index (χ3v) is 6.12. The number of rotatable bonds is 4. The minimum Gasteiger partial charge on any atom is -0.367 e. The number of piperazine rings is 1. The van der Waals surface area contributed by atoms with E-state index in [0.717, 1.165) is 24.5 Å². The molecule has 29 heavy (non-hydrogen) atoms. The van der Waals surface area contributed by atoms with Crippen LogP contribution in [0.15, 0.2) is 59.5 Å². The Morgan fingerprint density at radius 3 is 2.52 bits per heavy atom. The second kappa shape index (κ2) is 8.51. The normalized spacial score (nSPS) is 14.3.